The van der Waals surface area contributed by atoms with Gasteiger partial charge in [-0.2, -0.15) is 0 Å². The Balaban J connectivity index is 1.52. The molecule has 1 N–H and O–H groups in total. The summed E-state index contributed by atoms with van der Waals surface area (Å²) in [4.78, 5) is 12.1. The van der Waals surface area contributed by atoms with E-state index in [1.165, 1.54) is 0 Å². The van der Waals surface area contributed by atoms with Crippen molar-refractivity contribution in [3.63, 3.8) is 0 Å². The summed E-state index contributed by atoms with van der Waals surface area (Å²) in [5, 5.41) is 2.88. The third-order valence-electron chi connectivity index (χ3n) is 4.49. The van der Waals surface area contributed by atoms with Crippen molar-refractivity contribution in [1.29, 1.82) is 0 Å². The number of sulfone groups is 1. The first-order valence-electron chi connectivity index (χ1n) is 8.73. The topological polar surface area (TPSA) is 72.5 Å². The van der Waals surface area contributed by atoms with E-state index in [0.29, 0.717) is 19.6 Å². The van der Waals surface area contributed by atoms with Crippen LogP contribution in [-0.2, 0) is 27.8 Å². The summed E-state index contributed by atoms with van der Waals surface area (Å²) in [6.45, 7) is 0.828. The smallest absolute Gasteiger partial charge is 0.220 e. The molecule has 2 aromatic rings. The molecule has 1 saturated heterocycles. The summed E-state index contributed by atoms with van der Waals surface area (Å²) < 4.78 is 28.9. The molecule has 0 spiro atoms. The van der Waals surface area contributed by atoms with Gasteiger partial charge in [0.1, 0.15) is 12.4 Å². The van der Waals surface area contributed by atoms with Crippen LogP contribution in [0.2, 0.25) is 0 Å². The molecule has 138 valence electrons. The molecule has 6 heteroatoms. The zero-order chi connectivity index (χ0) is 18.4. The number of hydrogen-bond acceptors (Lipinski definition) is 4. The molecule has 1 unspecified atom stereocenters. The van der Waals surface area contributed by atoms with Crippen molar-refractivity contribution in [3.8, 4) is 5.75 Å². The highest BCUT2D eigenvalue weighted by Gasteiger charge is 2.29. The molecule has 0 radical (unpaired) electrons. The molecule has 1 heterocycles. The van der Waals surface area contributed by atoms with Gasteiger partial charge in [0, 0.05) is 18.5 Å². The van der Waals surface area contributed by atoms with Crippen molar-refractivity contribution >= 4 is 15.7 Å². The van der Waals surface area contributed by atoms with E-state index in [1.54, 1.807) is 0 Å². The molecule has 3 rings (SSSR count). The highest BCUT2D eigenvalue weighted by Crippen LogP contribution is 2.22. The minimum absolute atomic E-state index is 0.0652. The average Bonchev–Trinajstić information content (AvgIpc) is 2.98. The van der Waals surface area contributed by atoms with Crippen LogP contribution in [0.25, 0.3) is 0 Å². The van der Waals surface area contributed by atoms with Crippen LogP contribution < -0.4 is 10.1 Å². The first-order valence-corrected chi connectivity index (χ1v) is 10.6. The number of amides is 1. The van der Waals surface area contributed by atoms with Crippen LogP contribution in [0.15, 0.2) is 54.6 Å². The normalized spacial score (nSPS) is 18.4. The predicted octanol–water partition coefficient (Wildman–Crippen LogP) is 2.71. The second-order valence-electron chi connectivity index (χ2n) is 6.63. The molecular weight excluding hydrogens is 350 g/mol. The van der Waals surface area contributed by atoms with E-state index in [9.17, 15) is 13.2 Å². The number of hydrogen-bond donors (Lipinski definition) is 1. The van der Waals surface area contributed by atoms with Crippen molar-refractivity contribution < 1.29 is 17.9 Å². The Morgan fingerprint density at radius 3 is 2.54 bits per heavy atom. The van der Waals surface area contributed by atoms with Crippen LogP contribution in [0.3, 0.4) is 0 Å². The Kier molecular flexibility index (Phi) is 5.93. The van der Waals surface area contributed by atoms with Crippen LogP contribution in [0.5, 0.6) is 5.75 Å². The highest BCUT2D eigenvalue weighted by atomic mass is 32.2. The minimum atomic E-state index is -2.95. The van der Waals surface area contributed by atoms with Crippen LogP contribution in [-0.4, -0.2) is 25.8 Å². The lowest BCUT2D eigenvalue weighted by Crippen LogP contribution is -2.25. The van der Waals surface area contributed by atoms with E-state index in [-0.39, 0.29) is 29.8 Å². The van der Waals surface area contributed by atoms with Gasteiger partial charge in [0.15, 0.2) is 9.84 Å². The van der Waals surface area contributed by atoms with Crippen LogP contribution in [0, 0.1) is 5.92 Å². The fraction of sp³-hybridized carbons (Fsp3) is 0.350. The van der Waals surface area contributed by atoms with Gasteiger partial charge in [-0.15, -0.1) is 0 Å². The number of carbonyl (C=O) groups is 1. The third-order valence-corrected chi connectivity index (χ3v) is 6.32. The molecule has 1 amide bonds. The van der Waals surface area contributed by atoms with Gasteiger partial charge in [-0.3, -0.25) is 4.79 Å². The first kappa shape index (κ1) is 18.5. The molecule has 0 aromatic heterocycles. The molecule has 1 aliphatic rings. The number of para-hydroxylation sites is 1. The van der Waals surface area contributed by atoms with Crippen molar-refractivity contribution in [3.05, 3.63) is 65.7 Å². The Hall–Kier alpha value is -2.34. The standard InChI is InChI=1S/C20H23NO4S/c22-20(12-17-10-11-26(23,24)15-17)21-13-18-8-4-5-9-19(18)25-14-16-6-2-1-3-7-16/h1-9,17H,10-15H2,(H,21,22). The van der Waals surface area contributed by atoms with E-state index in [4.69, 9.17) is 4.74 Å². The van der Waals surface area contributed by atoms with Crippen molar-refractivity contribution in [2.24, 2.45) is 5.92 Å². The monoisotopic (exact) mass is 373 g/mol. The molecule has 26 heavy (non-hydrogen) atoms. The van der Waals surface area contributed by atoms with Crippen LogP contribution in [0.4, 0.5) is 0 Å². The van der Waals surface area contributed by atoms with Gasteiger partial charge in [0.25, 0.3) is 0 Å². The Bertz CT molecular complexity index is 849. The zero-order valence-electron chi connectivity index (χ0n) is 14.6. The molecule has 2 aromatic carbocycles. The maximum atomic E-state index is 12.1. The zero-order valence-corrected chi connectivity index (χ0v) is 15.4. The van der Waals surface area contributed by atoms with Crippen molar-refractivity contribution in [1.82, 2.24) is 5.32 Å². The molecule has 1 fully saturated rings. The highest BCUT2D eigenvalue weighted by molar-refractivity contribution is 7.91. The fourth-order valence-corrected chi connectivity index (χ4v) is 4.95. The molecule has 0 bridgehead atoms. The second-order valence-corrected chi connectivity index (χ2v) is 8.86. The molecule has 0 saturated carbocycles. The summed E-state index contributed by atoms with van der Waals surface area (Å²) in [6, 6.07) is 17.5. The van der Waals surface area contributed by atoms with E-state index in [1.807, 2.05) is 54.6 Å². The lowest BCUT2D eigenvalue weighted by molar-refractivity contribution is -0.122. The lowest BCUT2D eigenvalue weighted by atomic mass is 10.0. The number of nitrogens with one attached hydrogen (secondary N) is 1. The van der Waals surface area contributed by atoms with Gasteiger partial charge in [-0.05, 0) is 24.0 Å². The molecule has 1 atom stereocenters. The van der Waals surface area contributed by atoms with Crippen molar-refractivity contribution in [2.45, 2.75) is 26.0 Å². The van der Waals surface area contributed by atoms with Crippen LogP contribution >= 0.6 is 0 Å². The van der Waals surface area contributed by atoms with E-state index < -0.39 is 9.84 Å². The summed E-state index contributed by atoms with van der Waals surface area (Å²) in [6.07, 6.45) is 0.832. The first-order chi connectivity index (χ1) is 12.5. The number of benzene rings is 2. The number of carbonyl (C=O) groups excluding carboxylic acids is 1. The Labute approximate surface area is 154 Å². The third kappa shape index (κ3) is 5.33. The van der Waals surface area contributed by atoms with Crippen LogP contribution in [0.1, 0.15) is 24.0 Å². The van der Waals surface area contributed by atoms with E-state index in [0.717, 1.165) is 16.9 Å². The Morgan fingerprint density at radius 1 is 1.08 bits per heavy atom. The van der Waals surface area contributed by atoms with Crippen molar-refractivity contribution in [2.75, 3.05) is 11.5 Å². The fourth-order valence-electron chi connectivity index (χ4n) is 3.09. The maximum absolute atomic E-state index is 12.1. The summed E-state index contributed by atoms with van der Waals surface area (Å²) >= 11 is 0. The average molecular weight is 373 g/mol. The summed E-state index contributed by atoms with van der Waals surface area (Å²) in [5.41, 5.74) is 1.98. The second kappa shape index (κ2) is 8.36. The van der Waals surface area contributed by atoms with E-state index in [2.05, 4.69) is 5.32 Å². The molecule has 5 nitrogen and oxygen atoms in total. The van der Waals surface area contributed by atoms with Gasteiger partial charge in [-0.1, -0.05) is 48.5 Å². The minimum Gasteiger partial charge on any atom is -0.489 e. The van der Waals surface area contributed by atoms with Gasteiger partial charge in [0.05, 0.1) is 11.5 Å². The summed E-state index contributed by atoms with van der Waals surface area (Å²) in [7, 11) is -2.95. The number of rotatable bonds is 7. The molecule has 0 aliphatic carbocycles. The molecule has 1 aliphatic heterocycles. The summed E-state index contributed by atoms with van der Waals surface area (Å²) in [5.74, 6) is 0.868. The molecular formula is C20H23NO4S. The van der Waals surface area contributed by atoms with Gasteiger partial charge in [0.2, 0.25) is 5.91 Å². The van der Waals surface area contributed by atoms with Gasteiger partial charge >= 0.3 is 0 Å². The lowest BCUT2D eigenvalue weighted by Gasteiger charge is -2.13. The predicted molar refractivity (Wildman–Crippen MR) is 100 cm³/mol. The maximum Gasteiger partial charge on any atom is 0.220 e. The largest absolute Gasteiger partial charge is 0.489 e. The SMILES string of the molecule is O=C(CC1CCS(=O)(=O)C1)NCc1ccccc1OCc1ccccc1. The Morgan fingerprint density at radius 2 is 1.81 bits per heavy atom. The van der Waals surface area contributed by atoms with E-state index >= 15 is 0 Å². The van der Waals surface area contributed by atoms with Gasteiger partial charge in [-0.25, -0.2) is 8.42 Å². The quantitative estimate of drug-likeness (QED) is 0.810. The number of ether oxygens (including phenoxy) is 1. The van der Waals surface area contributed by atoms with Gasteiger partial charge < -0.3 is 10.1 Å².